The standard InChI is InChI=1S/C20H18N2O4/c1-14(20(24)25)26-18-9-7-15(8-10-18)11-17(12-21)19(23)22-13-16-5-3-2-4-6-16/h2-11,14H,13H2,1H3,(H,22,23)(H,24,25). The largest absolute Gasteiger partial charge is 0.479 e. The number of carboxylic acid groups (broad SMARTS) is 1. The summed E-state index contributed by atoms with van der Waals surface area (Å²) in [5, 5.41) is 20.7. The SMILES string of the molecule is CC(Oc1ccc(C=C(C#N)C(=O)NCc2ccccc2)cc1)C(=O)O. The Balaban J connectivity index is 2.02. The monoisotopic (exact) mass is 350 g/mol. The highest BCUT2D eigenvalue weighted by molar-refractivity contribution is 6.01. The lowest BCUT2D eigenvalue weighted by molar-refractivity contribution is -0.144. The zero-order valence-electron chi connectivity index (χ0n) is 14.2. The highest BCUT2D eigenvalue weighted by Crippen LogP contribution is 2.16. The second-order valence-corrected chi connectivity index (χ2v) is 5.51. The van der Waals surface area contributed by atoms with Gasteiger partial charge in [-0.25, -0.2) is 4.79 Å². The summed E-state index contributed by atoms with van der Waals surface area (Å²) in [5.41, 5.74) is 1.55. The Bertz CT molecular complexity index is 836. The van der Waals surface area contributed by atoms with E-state index in [1.807, 2.05) is 36.4 Å². The smallest absolute Gasteiger partial charge is 0.344 e. The Hall–Kier alpha value is -3.59. The van der Waals surface area contributed by atoms with Crippen LogP contribution in [-0.4, -0.2) is 23.1 Å². The summed E-state index contributed by atoms with van der Waals surface area (Å²) in [6.45, 7) is 1.76. The van der Waals surface area contributed by atoms with E-state index in [1.54, 1.807) is 24.3 Å². The van der Waals surface area contributed by atoms with Crippen LogP contribution in [-0.2, 0) is 16.1 Å². The highest BCUT2D eigenvalue weighted by atomic mass is 16.5. The van der Waals surface area contributed by atoms with Gasteiger partial charge in [0.15, 0.2) is 6.10 Å². The summed E-state index contributed by atoms with van der Waals surface area (Å²) < 4.78 is 5.23. The van der Waals surface area contributed by atoms with Gasteiger partial charge in [-0.3, -0.25) is 4.79 Å². The molecule has 26 heavy (non-hydrogen) atoms. The molecule has 0 aliphatic rings. The molecule has 0 aromatic heterocycles. The molecule has 2 aromatic carbocycles. The first-order valence-corrected chi connectivity index (χ1v) is 7.93. The van der Waals surface area contributed by atoms with Gasteiger partial charge in [-0.15, -0.1) is 0 Å². The van der Waals surface area contributed by atoms with E-state index in [9.17, 15) is 14.9 Å². The number of carbonyl (C=O) groups excluding carboxylic acids is 1. The Morgan fingerprint density at radius 2 is 1.85 bits per heavy atom. The summed E-state index contributed by atoms with van der Waals surface area (Å²) in [6.07, 6.45) is 0.500. The van der Waals surface area contributed by atoms with Crippen LogP contribution < -0.4 is 10.1 Å². The van der Waals surface area contributed by atoms with E-state index in [0.29, 0.717) is 17.9 Å². The topological polar surface area (TPSA) is 99.4 Å². The van der Waals surface area contributed by atoms with Crippen LogP contribution in [0.2, 0.25) is 0 Å². The van der Waals surface area contributed by atoms with Crippen molar-refractivity contribution in [2.24, 2.45) is 0 Å². The van der Waals surface area contributed by atoms with Gasteiger partial charge in [0.05, 0.1) is 0 Å². The van der Waals surface area contributed by atoms with Gasteiger partial charge in [0.25, 0.3) is 5.91 Å². The number of hydrogen-bond acceptors (Lipinski definition) is 4. The van der Waals surface area contributed by atoms with Gasteiger partial charge in [0, 0.05) is 6.54 Å². The number of nitrogens with one attached hydrogen (secondary N) is 1. The first-order valence-electron chi connectivity index (χ1n) is 7.93. The molecule has 0 aliphatic heterocycles. The third-order valence-electron chi connectivity index (χ3n) is 3.51. The predicted molar refractivity (Wildman–Crippen MR) is 96.0 cm³/mol. The van der Waals surface area contributed by atoms with Crippen LogP contribution in [0.15, 0.2) is 60.2 Å². The Labute approximate surface area is 151 Å². The van der Waals surface area contributed by atoms with E-state index in [0.717, 1.165) is 5.56 Å². The van der Waals surface area contributed by atoms with E-state index in [2.05, 4.69) is 5.32 Å². The van der Waals surface area contributed by atoms with Gasteiger partial charge in [-0.05, 0) is 36.3 Å². The summed E-state index contributed by atoms with van der Waals surface area (Å²) in [7, 11) is 0. The molecular formula is C20H18N2O4. The molecule has 0 saturated carbocycles. The molecule has 0 spiro atoms. The Kier molecular flexibility index (Phi) is 6.52. The Morgan fingerprint density at radius 3 is 2.42 bits per heavy atom. The molecule has 1 atom stereocenters. The molecule has 1 amide bonds. The van der Waals surface area contributed by atoms with Crippen molar-refractivity contribution in [1.82, 2.24) is 5.32 Å². The quantitative estimate of drug-likeness (QED) is 0.591. The first kappa shape index (κ1) is 18.7. The van der Waals surface area contributed by atoms with Crippen molar-refractivity contribution >= 4 is 18.0 Å². The number of hydrogen-bond donors (Lipinski definition) is 2. The number of rotatable bonds is 7. The van der Waals surface area contributed by atoms with E-state index < -0.39 is 18.0 Å². The van der Waals surface area contributed by atoms with E-state index in [4.69, 9.17) is 9.84 Å². The molecule has 0 fully saturated rings. The van der Waals surface area contributed by atoms with Crippen molar-refractivity contribution in [3.05, 3.63) is 71.3 Å². The van der Waals surface area contributed by atoms with Crippen LogP contribution in [0.25, 0.3) is 6.08 Å². The molecule has 2 rings (SSSR count). The average molecular weight is 350 g/mol. The van der Waals surface area contributed by atoms with Crippen molar-refractivity contribution in [2.45, 2.75) is 19.6 Å². The van der Waals surface area contributed by atoms with Gasteiger partial charge >= 0.3 is 5.97 Å². The molecule has 6 heteroatoms. The fraction of sp³-hybridized carbons (Fsp3) is 0.150. The normalized spacial score (nSPS) is 11.9. The summed E-state index contributed by atoms with van der Waals surface area (Å²) >= 11 is 0. The summed E-state index contributed by atoms with van der Waals surface area (Å²) in [5.74, 6) is -1.13. The van der Waals surface area contributed by atoms with Crippen LogP contribution >= 0.6 is 0 Å². The van der Waals surface area contributed by atoms with Crippen molar-refractivity contribution < 1.29 is 19.4 Å². The van der Waals surface area contributed by atoms with Crippen molar-refractivity contribution in [3.63, 3.8) is 0 Å². The van der Waals surface area contributed by atoms with E-state index in [1.165, 1.54) is 13.0 Å². The van der Waals surface area contributed by atoms with E-state index in [-0.39, 0.29) is 5.57 Å². The predicted octanol–water partition coefficient (Wildman–Crippen LogP) is 2.76. The average Bonchev–Trinajstić information content (AvgIpc) is 2.66. The maximum atomic E-state index is 12.1. The third kappa shape index (κ3) is 5.49. The minimum Gasteiger partial charge on any atom is -0.479 e. The van der Waals surface area contributed by atoms with Gasteiger partial charge in [0.1, 0.15) is 17.4 Å². The third-order valence-corrected chi connectivity index (χ3v) is 3.51. The lowest BCUT2D eigenvalue weighted by Gasteiger charge is -2.10. The van der Waals surface area contributed by atoms with Crippen LogP contribution in [0.5, 0.6) is 5.75 Å². The second kappa shape index (κ2) is 9.04. The van der Waals surface area contributed by atoms with Gasteiger partial charge in [-0.2, -0.15) is 5.26 Å². The Morgan fingerprint density at radius 1 is 1.19 bits per heavy atom. The minimum absolute atomic E-state index is 0.0199. The molecule has 0 aliphatic carbocycles. The summed E-state index contributed by atoms with van der Waals surface area (Å²) in [4.78, 5) is 22.9. The van der Waals surface area contributed by atoms with Crippen LogP contribution in [0, 0.1) is 11.3 Å². The fourth-order valence-corrected chi connectivity index (χ4v) is 2.09. The van der Waals surface area contributed by atoms with Crippen molar-refractivity contribution in [3.8, 4) is 11.8 Å². The lowest BCUT2D eigenvalue weighted by atomic mass is 10.1. The van der Waals surface area contributed by atoms with Crippen LogP contribution in [0.1, 0.15) is 18.1 Å². The molecule has 2 N–H and O–H groups in total. The number of nitrogens with zero attached hydrogens (tertiary/aromatic N) is 1. The molecule has 0 radical (unpaired) electrons. The van der Waals surface area contributed by atoms with Gasteiger partial charge in [-0.1, -0.05) is 42.5 Å². The fourth-order valence-electron chi connectivity index (χ4n) is 2.09. The second-order valence-electron chi connectivity index (χ2n) is 5.51. The first-order chi connectivity index (χ1) is 12.5. The zero-order chi connectivity index (χ0) is 18.9. The number of benzene rings is 2. The number of ether oxygens (including phenoxy) is 1. The van der Waals surface area contributed by atoms with Gasteiger partial charge < -0.3 is 15.2 Å². The molecule has 0 bridgehead atoms. The van der Waals surface area contributed by atoms with Crippen LogP contribution in [0.4, 0.5) is 0 Å². The molecule has 6 nitrogen and oxygen atoms in total. The van der Waals surface area contributed by atoms with Crippen molar-refractivity contribution in [1.29, 1.82) is 5.26 Å². The molecule has 1 unspecified atom stereocenters. The number of carboxylic acids is 1. The maximum absolute atomic E-state index is 12.1. The number of aliphatic carboxylic acids is 1. The highest BCUT2D eigenvalue weighted by Gasteiger charge is 2.12. The van der Waals surface area contributed by atoms with Gasteiger partial charge in [0.2, 0.25) is 0 Å². The van der Waals surface area contributed by atoms with E-state index >= 15 is 0 Å². The number of carbonyl (C=O) groups is 2. The minimum atomic E-state index is -1.06. The maximum Gasteiger partial charge on any atom is 0.344 e. The summed E-state index contributed by atoms with van der Waals surface area (Å²) in [6, 6.07) is 17.7. The number of nitriles is 1. The molecule has 132 valence electrons. The molecule has 2 aromatic rings. The number of amides is 1. The molecule has 0 saturated heterocycles. The van der Waals surface area contributed by atoms with Crippen molar-refractivity contribution in [2.75, 3.05) is 0 Å². The van der Waals surface area contributed by atoms with Crippen LogP contribution in [0.3, 0.4) is 0 Å². The molecular weight excluding hydrogens is 332 g/mol. The molecule has 0 heterocycles. The zero-order valence-corrected chi connectivity index (χ0v) is 14.2. The lowest BCUT2D eigenvalue weighted by Crippen LogP contribution is -2.23.